The number of carbonyl (C=O) groups is 3. The number of esters is 2. The highest BCUT2D eigenvalue weighted by Gasteiger charge is 2.43. The molecule has 1 saturated carbocycles. The zero-order valence-electron chi connectivity index (χ0n) is 23.0. The molecule has 9 nitrogen and oxygen atoms in total. The first-order valence-electron chi connectivity index (χ1n) is 13.4. The van der Waals surface area contributed by atoms with Crippen LogP contribution in [0, 0.1) is 17.2 Å². The third-order valence-corrected chi connectivity index (χ3v) is 7.76. The van der Waals surface area contributed by atoms with Crippen LogP contribution in [0.5, 0.6) is 0 Å². The van der Waals surface area contributed by atoms with E-state index in [2.05, 4.69) is 18.3 Å². The smallest absolute Gasteiger partial charge is 0.355 e. The Morgan fingerprint density at radius 2 is 1.60 bits per heavy atom. The maximum Gasteiger partial charge on any atom is 0.355 e. The monoisotopic (exact) mass is 542 g/mol. The molecule has 1 amide bonds. The Labute approximate surface area is 234 Å². The lowest BCUT2D eigenvalue weighted by Crippen LogP contribution is -2.42. The summed E-state index contributed by atoms with van der Waals surface area (Å²) in [6.45, 7) is 2.18. The number of benzene rings is 2. The highest BCUT2D eigenvalue weighted by atomic mass is 16.5. The number of para-hydroxylation sites is 1. The number of anilines is 1. The number of ether oxygens (including phenoxy) is 2. The molecule has 0 bridgehead atoms. The Morgan fingerprint density at radius 1 is 0.975 bits per heavy atom. The molecule has 1 fully saturated rings. The van der Waals surface area contributed by atoms with Gasteiger partial charge in [-0.3, -0.25) is 9.69 Å². The average Bonchev–Trinajstić information content (AvgIpc) is 3.00. The summed E-state index contributed by atoms with van der Waals surface area (Å²) in [6.07, 6.45) is 5.00. The molecule has 0 radical (unpaired) electrons. The summed E-state index contributed by atoms with van der Waals surface area (Å²) in [4.78, 5) is 41.5. The van der Waals surface area contributed by atoms with E-state index < -0.39 is 17.9 Å². The first kappa shape index (κ1) is 28.4. The zero-order valence-corrected chi connectivity index (χ0v) is 23.0. The third-order valence-electron chi connectivity index (χ3n) is 7.76. The van der Waals surface area contributed by atoms with Crippen LogP contribution in [0.4, 0.5) is 5.69 Å². The molecule has 0 spiro atoms. The Hall–Kier alpha value is -4.58. The van der Waals surface area contributed by atoms with Gasteiger partial charge in [-0.05, 0) is 49.3 Å². The second-order valence-electron chi connectivity index (χ2n) is 9.95. The van der Waals surface area contributed by atoms with Gasteiger partial charge < -0.3 is 20.5 Å². The second-order valence-corrected chi connectivity index (χ2v) is 9.95. The first-order chi connectivity index (χ1) is 19.4. The van der Waals surface area contributed by atoms with Gasteiger partial charge in [0.15, 0.2) is 0 Å². The number of allylic oxidation sites excluding steroid dienone is 1. The predicted octanol–water partition coefficient (Wildman–Crippen LogP) is 4.28. The fourth-order valence-electron chi connectivity index (χ4n) is 5.60. The van der Waals surface area contributed by atoms with Crippen LogP contribution >= 0.6 is 0 Å². The van der Waals surface area contributed by atoms with Gasteiger partial charge in [-0.1, -0.05) is 55.8 Å². The predicted molar refractivity (Wildman–Crippen MR) is 149 cm³/mol. The molecule has 1 atom stereocenters. The molecule has 2 aromatic rings. The first-order valence-corrected chi connectivity index (χ1v) is 13.4. The van der Waals surface area contributed by atoms with Crippen molar-refractivity contribution in [2.75, 3.05) is 19.1 Å². The van der Waals surface area contributed by atoms with Crippen molar-refractivity contribution in [1.82, 2.24) is 5.32 Å². The van der Waals surface area contributed by atoms with Crippen molar-refractivity contribution >= 4 is 23.5 Å². The second kappa shape index (κ2) is 12.5. The summed E-state index contributed by atoms with van der Waals surface area (Å²) < 4.78 is 10.2. The van der Waals surface area contributed by atoms with E-state index >= 15 is 0 Å². The van der Waals surface area contributed by atoms with E-state index in [1.165, 1.54) is 19.1 Å². The Bertz CT molecular complexity index is 1380. The van der Waals surface area contributed by atoms with Crippen molar-refractivity contribution < 1.29 is 23.9 Å². The van der Waals surface area contributed by atoms with Gasteiger partial charge in [0.05, 0.1) is 48.6 Å². The van der Waals surface area contributed by atoms with Crippen LogP contribution < -0.4 is 16.0 Å². The van der Waals surface area contributed by atoms with E-state index in [4.69, 9.17) is 15.2 Å². The zero-order chi connectivity index (χ0) is 28.8. The molecule has 0 aromatic heterocycles. The van der Waals surface area contributed by atoms with E-state index in [1.807, 2.05) is 0 Å². The van der Waals surface area contributed by atoms with E-state index in [1.54, 1.807) is 54.6 Å². The molecule has 9 heteroatoms. The summed E-state index contributed by atoms with van der Waals surface area (Å²) in [7, 11) is 2.38. The fraction of sp³-hybridized carbons (Fsp3) is 0.355. The Balaban J connectivity index is 1.87. The standard InChI is InChI=1S/C31H34N4O5/c1-4-19-14-16-21(17-15-19)34-29(36)22-12-8-9-13-24(22)35-27(31(38)40-3)26(30(37)39-2)25(23(18-32)28(35)33)20-10-6-5-7-11-20/h5-13,19,21,25H,4,14-17,33H2,1-3H3,(H,34,36). The van der Waals surface area contributed by atoms with Gasteiger partial charge >= 0.3 is 11.9 Å². The molecule has 1 heterocycles. The number of hydrogen-bond acceptors (Lipinski definition) is 8. The molecule has 1 unspecified atom stereocenters. The number of carbonyl (C=O) groups excluding carboxylic acids is 3. The molecule has 3 N–H and O–H groups in total. The van der Waals surface area contributed by atoms with Gasteiger partial charge in [-0.2, -0.15) is 5.26 Å². The number of nitrogens with two attached hydrogens (primary N) is 1. The summed E-state index contributed by atoms with van der Waals surface area (Å²) in [5, 5.41) is 13.4. The number of nitrogens with zero attached hydrogens (tertiary/aromatic N) is 2. The van der Waals surface area contributed by atoms with Gasteiger partial charge in [0.1, 0.15) is 11.5 Å². The summed E-state index contributed by atoms with van der Waals surface area (Å²) in [5.41, 5.74) is 7.37. The van der Waals surface area contributed by atoms with Crippen molar-refractivity contribution in [3.63, 3.8) is 0 Å². The number of amides is 1. The summed E-state index contributed by atoms with van der Waals surface area (Å²) >= 11 is 0. The van der Waals surface area contributed by atoms with Crippen molar-refractivity contribution in [2.45, 2.75) is 51.0 Å². The van der Waals surface area contributed by atoms with Gasteiger partial charge in [0.2, 0.25) is 0 Å². The molecule has 0 saturated heterocycles. The van der Waals surface area contributed by atoms with Crippen LogP contribution in [0.3, 0.4) is 0 Å². The lowest BCUT2D eigenvalue weighted by Gasteiger charge is -2.36. The highest BCUT2D eigenvalue weighted by Crippen LogP contribution is 2.44. The van der Waals surface area contributed by atoms with Crippen molar-refractivity contribution in [2.24, 2.45) is 11.7 Å². The molecule has 1 aliphatic carbocycles. The summed E-state index contributed by atoms with van der Waals surface area (Å²) in [5.74, 6) is -2.43. The summed E-state index contributed by atoms with van der Waals surface area (Å²) in [6, 6.07) is 17.6. The largest absolute Gasteiger partial charge is 0.466 e. The Kier molecular flexibility index (Phi) is 8.90. The fourth-order valence-corrected chi connectivity index (χ4v) is 5.60. The van der Waals surface area contributed by atoms with Gasteiger partial charge in [-0.25, -0.2) is 9.59 Å². The van der Waals surface area contributed by atoms with Crippen molar-refractivity contribution in [3.8, 4) is 6.07 Å². The van der Waals surface area contributed by atoms with Crippen LogP contribution in [0.15, 0.2) is 77.3 Å². The van der Waals surface area contributed by atoms with Crippen LogP contribution in [0.2, 0.25) is 0 Å². The van der Waals surface area contributed by atoms with E-state index in [0.717, 1.165) is 32.1 Å². The molecule has 4 rings (SSSR count). The quantitative estimate of drug-likeness (QED) is 0.495. The topological polar surface area (TPSA) is 135 Å². The number of hydrogen-bond donors (Lipinski definition) is 2. The number of nitriles is 1. The van der Waals surface area contributed by atoms with Crippen LogP contribution in [-0.2, 0) is 19.1 Å². The highest BCUT2D eigenvalue weighted by molar-refractivity contribution is 6.08. The number of rotatable bonds is 7. The number of methoxy groups -OCH3 is 2. The third kappa shape index (κ3) is 5.43. The minimum absolute atomic E-state index is 0.0241. The maximum atomic E-state index is 13.6. The molecular formula is C31H34N4O5. The molecule has 1 aliphatic heterocycles. The molecular weight excluding hydrogens is 508 g/mol. The minimum Gasteiger partial charge on any atom is -0.466 e. The SMILES string of the molecule is CCC1CCC(NC(=O)c2ccccc2N2C(N)=C(C#N)C(c3ccccc3)C(C(=O)OC)=C2C(=O)OC)CC1. The molecule has 2 aromatic carbocycles. The van der Waals surface area contributed by atoms with E-state index in [-0.39, 0.29) is 45.9 Å². The Morgan fingerprint density at radius 3 is 2.20 bits per heavy atom. The van der Waals surface area contributed by atoms with Gasteiger partial charge in [0.25, 0.3) is 5.91 Å². The van der Waals surface area contributed by atoms with Gasteiger partial charge in [-0.15, -0.1) is 0 Å². The van der Waals surface area contributed by atoms with Crippen molar-refractivity contribution in [3.05, 3.63) is 88.4 Å². The van der Waals surface area contributed by atoms with Crippen molar-refractivity contribution in [1.29, 1.82) is 5.26 Å². The lowest BCUT2D eigenvalue weighted by atomic mass is 9.80. The number of nitrogens with one attached hydrogen (secondary N) is 1. The van der Waals surface area contributed by atoms with Crippen LogP contribution in [-0.4, -0.2) is 38.1 Å². The average molecular weight is 543 g/mol. The van der Waals surface area contributed by atoms with Crippen LogP contribution in [0.25, 0.3) is 0 Å². The molecule has 40 heavy (non-hydrogen) atoms. The lowest BCUT2D eigenvalue weighted by molar-refractivity contribution is -0.139. The maximum absolute atomic E-state index is 13.6. The molecule has 208 valence electrons. The van der Waals surface area contributed by atoms with Gasteiger partial charge in [0, 0.05) is 6.04 Å². The minimum atomic E-state index is -0.987. The van der Waals surface area contributed by atoms with E-state index in [9.17, 15) is 19.6 Å². The molecule has 2 aliphatic rings. The van der Waals surface area contributed by atoms with Crippen LogP contribution in [0.1, 0.15) is 60.9 Å². The van der Waals surface area contributed by atoms with E-state index in [0.29, 0.717) is 11.5 Å². The normalized spacial score (nSPS) is 20.9.